The molecule has 21 heavy (non-hydrogen) atoms. The maximum atomic E-state index is 6.27. The van der Waals surface area contributed by atoms with Crippen molar-refractivity contribution in [1.82, 2.24) is 0 Å². The van der Waals surface area contributed by atoms with Crippen LogP contribution < -0.4 is 10.5 Å². The summed E-state index contributed by atoms with van der Waals surface area (Å²) in [7, 11) is 0. The van der Waals surface area contributed by atoms with Gasteiger partial charge in [-0.15, -0.1) is 0 Å². The molecule has 112 valence electrons. The van der Waals surface area contributed by atoms with E-state index in [-0.39, 0.29) is 0 Å². The summed E-state index contributed by atoms with van der Waals surface area (Å²) < 4.78 is 5.91. The van der Waals surface area contributed by atoms with Gasteiger partial charge in [0.1, 0.15) is 12.4 Å². The first-order chi connectivity index (χ1) is 9.88. The molecule has 4 heteroatoms. The summed E-state index contributed by atoms with van der Waals surface area (Å²) >= 11 is 12.2. The van der Waals surface area contributed by atoms with Gasteiger partial charge in [-0.3, -0.25) is 0 Å². The van der Waals surface area contributed by atoms with E-state index in [2.05, 4.69) is 13.8 Å². The van der Waals surface area contributed by atoms with Crippen LogP contribution in [0.25, 0.3) is 0 Å². The molecule has 0 bridgehead atoms. The quantitative estimate of drug-likeness (QED) is 0.744. The fourth-order valence-corrected chi connectivity index (χ4v) is 2.66. The molecule has 0 spiro atoms. The summed E-state index contributed by atoms with van der Waals surface area (Å²) in [5, 5.41) is 1.34. The largest absolute Gasteiger partial charge is 0.489 e. The Labute approximate surface area is 135 Å². The fraction of sp³-hybridized carbons (Fsp3) is 0.294. The number of halogens is 2. The smallest absolute Gasteiger partial charge is 0.123 e. The number of hydrogen-bond donors (Lipinski definition) is 1. The van der Waals surface area contributed by atoms with Crippen LogP contribution in [0.4, 0.5) is 5.69 Å². The average molecular weight is 324 g/mol. The standard InChI is InChI=1S/C17H19Cl2NO/c1-10(2)13-8-17(11(3)6-15(13)19)21-9-12-4-5-14(18)16(20)7-12/h4-8,10H,9,20H2,1-3H3. The third kappa shape index (κ3) is 3.84. The maximum Gasteiger partial charge on any atom is 0.123 e. The van der Waals surface area contributed by atoms with Crippen molar-refractivity contribution in [3.8, 4) is 5.75 Å². The Morgan fingerprint density at radius 3 is 2.43 bits per heavy atom. The van der Waals surface area contributed by atoms with E-state index in [0.29, 0.717) is 23.2 Å². The number of nitrogens with two attached hydrogens (primary N) is 1. The minimum absolute atomic E-state index is 0.353. The zero-order valence-electron chi connectivity index (χ0n) is 12.4. The molecule has 2 N–H and O–H groups in total. The Morgan fingerprint density at radius 1 is 1.10 bits per heavy atom. The van der Waals surface area contributed by atoms with Crippen molar-refractivity contribution in [1.29, 1.82) is 0 Å². The summed E-state index contributed by atoms with van der Waals surface area (Å²) in [6.07, 6.45) is 0. The van der Waals surface area contributed by atoms with Gasteiger partial charge in [0.25, 0.3) is 0 Å². The zero-order valence-corrected chi connectivity index (χ0v) is 13.9. The van der Waals surface area contributed by atoms with Crippen LogP contribution in [0.1, 0.15) is 36.5 Å². The highest BCUT2D eigenvalue weighted by molar-refractivity contribution is 6.33. The Morgan fingerprint density at radius 2 is 1.81 bits per heavy atom. The third-order valence-electron chi connectivity index (χ3n) is 3.37. The molecule has 2 aromatic rings. The van der Waals surface area contributed by atoms with Gasteiger partial charge in [-0.1, -0.05) is 43.1 Å². The average Bonchev–Trinajstić information content (AvgIpc) is 2.41. The summed E-state index contributed by atoms with van der Waals surface area (Å²) in [5.41, 5.74) is 9.46. The molecule has 0 aliphatic carbocycles. The minimum Gasteiger partial charge on any atom is -0.489 e. The van der Waals surface area contributed by atoms with Gasteiger partial charge in [-0.2, -0.15) is 0 Å². The van der Waals surface area contributed by atoms with Crippen LogP contribution in [0.3, 0.4) is 0 Å². The molecule has 0 amide bonds. The predicted octanol–water partition coefficient (Wildman–Crippen LogP) is 5.59. The Kier molecular flexibility index (Phi) is 5.02. The van der Waals surface area contributed by atoms with Crippen LogP contribution in [0.5, 0.6) is 5.75 Å². The lowest BCUT2D eigenvalue weighted by molar-refractivity contribution is 0.304. The van der Waals surface area contributed by atoms with E-state index in [9.17, 15) is 0 Å². The Balaban J connectivity index is 2.19. The van der Waals surface area contributed by atoms with Crippen LogP contribution in [0.15, 0.2) is 30.3 Å². The molecular weight excluding hydrogens is 305 g/mol. The summed E-state index contributed by atoms with van der Waals surface area (Å²) in [6, 6.07) is 9.48. The fourth-order valence-electron chi connectivity index (χ4n) is 2.11. The number of rotatable bonds is 4. The predicted molar refractivity (Wildman–Crippen MR) is 90.5 cm³/mol. The molecule has 0 heterocycles. The summed E-state index contributed by atoms with van der Waals surface area (Å²) in [5.74, 6) is 1.20. The monoisotopic (exact) mass is 323 g/mol. The van der Waals surface area contributed by atoms with Crippen molar-refractivity contribution in [3.05, 3.63) is 57.1 Å². The normalized spacial score (nSPS) is 11.0. The van der Waals surface area contributed by atoms with Crippen molar-refractivity contribution in [2.24, 2.45) is 0 Å². The number of nitrogen functional groups attached to an aromatic ring is 1. The van der Waals surface area contributed by atoms with Gasteiger partial charge in [0.05, 0.1) is 10.7 Å². The van der Waals surface area contributed by atoms with E-state index in [4.69, 9.17) is 33.7 Å². The molecule has 0 unspecified atom stereocenters. The van der Waals surface area contributed by atoms with Crippen LogP contribution in [-0.2, 0) is 6.61 Å². The molecule has 0 saturated carbocycles. The van der Waals surface area contributed by atoms with Crippen molar-refractivity contribution in [3.63, 3.8) is 0 Å². The van der Waals surface area contributed by atoms with Crippen molar-refractivity contribution >= 4 is 28.9 Å². The second-order valence-corrected chi connectivity index (χ2v) is 6.25. The van der Waals surface area contributed by atoms with Gasteiger partial charge < -0.3 is 10.5 Å². The lowest BCUT2D eigenvalue weighted by atomic mass is 10.0. The maximum absolute atomic E-state index is 6.27. The topological polar surface area (TPSA) is 35.2 Å². The van der Waals surface area contributed by atoms with E-state index < -0.39 is 0 Å². The summed E-state index contributed by atoms with van der Waals surface area (Å²) in [6.45, 7) is 6.66. The second kappa shape index (κ2) is 6.59. The van der Waals surface area contributed by atoms with Gasteiger partial charge in [0.15, 0.2) is 0 Å². The van der Waals surface area contributed by atoms with Crippen molar-refractivity contribution in [2.45, 2.75) is 33.3 Å². The van der Waals surface area contributed by atoms with E-state index in [1.807, 2.05) is 31.2 Å². The minimum atomic E-state index is 0.353. The number of hydrogen-bond acceptors (Lipinski definition) is 2. The first kappa shape index (κ1) is 16.0. The molecule has 0 fully saturated rings. The molecule has 2 nitrogen and oxygen atoms in total. The Hall–Kier alpha value is -1.38. The number of anilines is 1. The van der Waals surface area contributed by atoms with Crippen molar-refractivity contribution < 1.29 is 4.74 Å². The number of ether oxygens (including phenoxy) is 1. The van der Waals surface area contributed by atoms with Crippen LogP contribution in [-0.4, -0.2) is 0 Å². The Bertz CT molecular complexity index is 653. The first-order valence-corrected chi connectivity index (χ1v) is 7.61. The third-order valence-corrected chi connectivity index (χ3v) is 4.04. The molecule has 0 aliphatic heterocycles. The van der Waals surface area contributed by atoms with Gasteiger partial charge in [0, 0.05) is 5.02 Å². The van der Waals surface area contributed by atoms with Crippen molar-refractivity contribution in [2.75, 3.05) is 5.73 Å². The highest BCUT2D eigenvalue weighted by Crippen LogP contribution is 2.32. The van der Waals surface area contributed by atoms with Crippen LogP contribution in [0, 0.1) is 6.92 Å². The van der Waals surface area contributed by atoms with Gasteiger partial charge in [-0.05, 0) is 53.8 Å². The molecule has 0 aromatic heterocycles. The number of aryl methyl sites for hydroxylation is 1. The molecule has 2 rings (SSSR count). The molecule has 0 saturated heterocycles. The molecule has 0 radical (unpaired) electrons. The van der Waals surface area contributed by atoms with E-state index >= 15 is 0 Å². The van der Waals surface area contributed by atoms with E-state index in [1.165, 1.54) is 0 Å². The van der Waals surface area contributed by atoms with Crippen LogP contribution in [0.2, 0.25) is 10.0 Å². The molecule has 2 aromatic carbocycles. The highest BCUT2D eigenvalue weighted by atomic mass is 35.5. The van der Waals surface area contributed by atoms with Gasteiger partial charge in [-0.25, -0.2) is 0 Å². The molecule has 0 atom stereocenters. The van der Waals surface area contributed by atoms with Gasteiger partial charge in [0.2, 0.25) is 0 Å². The van der Waals surface area contributed by atoms with E-state index in [0.717, 1.165) is 27.5 Å². The highest BCUT2D eigenvalue weighted by Gasteiger charge is 2.10. The zero-order chi connectivity index (χ0) is 15.6. The van der Waals surface area contributed by atoms with E-state index in [1.54, 1.807) is 6.07 Å². The lowest BCUT2D eigenvalue weighted by Crippen LogP contribution is -2.00. The van der Waals surface area contributed by atoms with Gasteiger partial charge >= 0.3 is 0 Å². The SMILES string of the molecule is Cc1cc(Cl)c(C(C)C)cc1OCc1ccc(Cl)c(N)c1. The summed E-state index contributed by atoms with van der Waals surface area (Å²) in [4.78, 5) is 0. The number of benzene rings is 2. The lowest BCUT2D eigenvalue weighted by Gasteiger charge is -2.15. The molecular formula is C17H19Cl2NO. The first-order valence-electron chi connectivity index (χ1n) is 6.85. The second-order valence-electron chi connectivity index (χ2n) is 5.44. The van der Waals surface area contributed by atoms with Crippen LogP contribution >= 0.6 is 23.2 Å². The molecule has 0 aliphatic rings.